The predicted octanol–water partition coefficient (Wildman–Crippen LogP) is 1.47. The first-order valence-electron chi connectivity index (χ1n) is 5.19. The van der Waals surface area contributed by atoms with Gasteiger partial charge in [-0.25, -0.2) is 9.78 Å². The van der Waals surface area contributed by atoms with E-state index >= 15 is 0 Å². The summed E-state index contributed by atoms with van der Waals surface area (Å²) < 4.78 is 10.1. The normalized spacial score (nSPS) is 13.2. The third-order valence-electron chi connectivity index (χ3n) is 2.80. The van der Waals surface area contributed by atoms with Crippen molar-refractivity contribution in [3.63, 3.8) is 0 Å². The van der Waals surface area contributed by atoms with E-state index < -0.39 is 17.5 Å². The van der Waals surface area contributed by atoms with Crippen molar-refractivity contribution in [3.8, 4) is 5.88 Å². The molecule has 1 atom stereocenters. The van der Waals surface area contributed by atoms with E-state index in [1.165, 1.54) is 14.2 Å². The van der Waals surface area contributed by atoms with Crippen LogP contribution in [-0.2, 0) is 14.9 Å². The molecule has 1 unspecified atom stereocenters. The van der Waals surface area contributed by atoms with Gasteiger partial charge in [-0.05, 0) is 11.6 Å². The first-order valence-corrected chi connectivity index (χ1v) is 5.19. The molecule has 5 nitrogen and oxygen atoms in total. The molecule has 1 heterocycles. The van der Waals surface area contributed by atoms with Crippen LogP contribution in [0.5, 0.6) is 5.88 Å². The van der Waals surface area contributed by atoms with Crippen LogP contribution in [0.3, 0.4) is 0 Å². The lowest BCUT2D eigenvalue weighted by atomic mass is 9.79. The van der Waals surface area contributed by atoms with Crippen LogP contribution in [0.25, 0.3) is 0 Å². The maximum atomic E-state index is 11.1. The lowest BCUT2D eigenvalue weighted by molar-refractivity contribution is -0.152. The minimum atomic E-state index is -0.992. The molecule has 0 aliphatic heterocycles. The monoisotopic (exact) mass is 239 g/mol. The van der Waals surface area contributed by atoms with Gasteiger partial charge in [0.2, 0.25) is 5.88 Å². The number of carboxylic acids is 1. The molecule has 0 spiro atoms. The zero-order valence-electron chi connectivity index (χ0n) is 10.4. The first-order chi connectivity index (χ1) is 7.93. The Labute approximate surface area is 100 Å². The van der Waals surface area contributed by atoms with Gasteiger partial charge in [0.15, 0.2) is 6.10 Å². The number of rotatable bonds is 5. The number of hydrogen-bond acceptors (Lipinski definition) is 4. The minimum absolute atomic E-state index is 0.454. The molecule has 0 fully saturated rings. The van der Waals surface area contributed by atoms with E-state index in [0.717, 1.165) is 5.56 Å². The van der Waals surface area contributed by atoms with Crippen molar-refractivity contribution in [2.24, 2.45) is 0 Å². The highest BCUT2D eigenvalue weighted by atomic mass is 16.5. The van der Waals surface area contributed by atoms with Crippen LogP contribution in [0, 0.1) is 0 Å². The summed E-state index contributed by atoms with van der Waals surface area (Å²) in [7, 11) is 2.91. The van der Waals surface area contributed by atoms with Gasteiger partial charge in [-0.1, -0.05) is 13.8 Å². The van der Waals surface area contributed by atoms with Crippen molar-refractivity contribution < 1.29 is 19.4 Å². The lowest BCUT2D eigenvalue weighted by Gasteiger charge is -2.30. The summed E-state index contributed by atoms with van der Waals surface area (Å²) >= 11 is 0. The topological polar surface area (TPSA) is 68.7 Å². The smallest absolute Gasteiger partial charge is 0.333 e. The Hall–Kier alpha value is -1.62. The van der Waals surface area contributed by atoms with Crippen molar-refractivity contribution in [1.29, 1.82) is 0 Å². The van der Waals surface area contributed by atoms with Gasteiger partial charge in [-0.15, -0.1) is 0 Å². The Balaban J connectivity index is 3.14. The molecule has 0 saturated carbocycles. The van der Waals surface area contributed by atoms with Crippen molar-refractivity contribution in [3.05, 3.63) is 23.9 Å². The van der Waals surface area contributed by atoms with Crippen LogP contribution < -0.4 is 4.74 Å². The minimum Gasteiger partial charge on any atom is -0.481 e. The number of carboxylic acid groups (broad SMARTS) is 1. The van der Waals surface area contributed by atoms with Gasteiger partial charge >= 0.3 is 5.97 Å². The number of carbonyl (C=O) groups is 1. The largest absolute Gasteiger partial charge is 0.481 e. The molecule has 17 heavy (non-hydrogen) atoms. The number of pyridine rings is 1. The molecular weight excluding hydrogens is 222 g/mol. The molecule has 1 aromatic heterocycles. The van der Waals surface area contributed by atoms with Crippen LogP contribution >= 0.6 is 0 Å². The van der Waals surface area contributed by atoms with Crippen LogP contribution in [0.4, 0.5) is 0 Å². The van der Waals surface area contributed by atoms with Gasteiger partial charge < -0.3 is 14.6 Å². The fraction of sp³-hybridized carbons (Fsp3) is 0.500. The number of aromatic nitrogens is 1. The van der Waals surface area contributed by atoms with Crippen molar-refractivity contribution >= 4 is 5.97 Å². The summed E-state index contributed by atoms with van der Waals surface area (Å²) in [6, 6.07) is 3.48. The van der Waals surface area contributed by atoms with E-state index in [1.54, 1.807) is 18.3 Å². The molecule has 0 amide bonds. The standard InChI is InChI=1S/C12H17NO4/c1-12(2,10(17-4)11(14)15)8-5-6-13-9(7-8)16-3/h5-7,10H,1-4H3,(H,14,15). The van der Waals surface area contributed by atoms with Crippen LogP contribution in [-0.4, -0.2) is 36.4 Å². The molecule has 5 heteroatoms. The van der Waals surface area contributed by atoms with Crippen LogP contribution in [0.1, 0.15) is 19.4 Å². The summed E-state index contributed by atoms with van der Waals surface area (Å²) in [4.78, 5) is 15.1. The van der Waals surface area contributed by atoms with Gasteiger partial charge in [-0.2, -0.15) is 0 Å². The molecule has 94 valence electrons. The Bertz CT molecular complexity index is 403. The van der Waals surface area contributed by atoms with Crippen molar-refractivity contribution in [1.82, 2.24) is 4.98 Å². The number of ether oxygens (including phenoxy) is 2. The van der Waals surface area contributed by atoms with Gasteiger partial charge in [-0.3, -0.25) is 0 Å². The number of aliphatic carboxylic acids is 1. The highest BCUT2D eigenvalue weighted by molar-refractivity contribution is 5.74. The molecule has 1 N–H and O–H groups in total. The molecule has 0 aromatic carbocycles. The van der Waals surface area contributed by atoms with E-state index in [1.807, 2.05) is 13.8 Å². The quantitative estimate of drug-likeness (QED) is 0.842. The third kappa shape index (κ3) is 2.74. The highest BCUT2D eigenvalue weighted by Gasteiger charge is 2.37. The second-order valence-corrected chi connectivity index (χ2v) is 4.26. The summed E-state index contributed by atoms with van der Waals surface area (Å²) in [5.41, 5.74) is 0.134. The number of nitrogens with zero attached hydrogens (tertiary/aromatic N) is 1. The first kappa shape index (κ1) is 13.4. The summed E-state index contributed by atoms with van der Waals surface area (Å²) in [5, 5.41) is 9.12. The highest BCUT2D eigenvalue weighted by Crippen LogP contribution is 2.30. The Morgan fingerprint density at radius 3 is 2.59 bits per heavy atom. The Morgan fingerprint density at radius 2 is 2.12 bits per heavy atom. The van der Waals surface area contributed by atoms with E-state index in [4.69, 9.17) is 14.6 Å². The molecule has 0 radical (unpaired) electrons. The zero-order chi connectivity index (χ0) is 13.1. The second kappa shape index (κ2) is 5.14. The van der Waals surface area contributed by atoms with Crippen molar-refractivity contribution in [2.45, 2.75) is 25.4 Å². The molecular formula is C12H17NO4. The lowest BCUT2D eigenvalue weighted by Crippen LogP contribution is -2.41. The molecule has 0 aliphatic carbocycles. The Morgan fingerprint density at radius 1 is 1.47 bits per heavy atom. The van der Waals surface area contributed by atoms with Gasteiger partial charge in [0.25, 0.3) is 0 Å². The average molecular weight is 239 g/mol. The molecule has 0 saturated heterocycles. The zero-order valence-corrected chi connectivity index (χ0v) is 10.4. The summed E-state index contributed by atoms with van der Waals surface area (Å²) in [5.74, 6) is -0.538. The van der Waals surface area contributed by atoms with Crippen molar-refractivity contribution in [2.75, 3.05) is 14.2 Å². The summed E-state index contributed by atoms with van der Waals surface area (Å²) in [6.07, 6.45) is 0.666. The van der Waals surface area contributed by atoms with E-state index in [9.17, 15) is 4.79 Å². The SMILES string of the molecule is COc1cc(C(C)(C)C(OC)C(=O)O)ccn1. The third-order valence-corrected chi connectivity index (χ3v) is 2.80. The van der Waals surface area contributed by atoms with E-state index in [-0.39, 0.29) is 0 Å². The van der Waals surface area contributed by atoms with Crippen LogP contribution in [0.2, 0.25) is 0 Å². The van der Waals surface area contributed by atoms with Gasteiger partial charge in [0.05, 0.1) is 7.11 Å². The molecule has 1 rings (SSSR count). The fourth-order valence-corrected chi connectivity index (χ4v) is 1.78. The van der Waals surface area contributed by atoms with Gasteiger partial charge in [0, 0.05) is 24.8 Å². The summed E-state index contributed by atoms with van der Waals surface area (Å²) in [6.45, 7) is 3.62. The fourth-order valence-electron chi connectivity index (χ4n) is 1.78. The molecule has 0 bridgehead atoms. The predicted molar refractivity (Wildman–Crippen MR) is 62.2 cm³/mol. The molecule has 1 aromatic rings. The Kier molecular flexibility index (Phi) is 4.07. The maximum absolute atomic E-state index is 11.1. The maximum Gasteiger partial charge on any atom is 0.333 e. The number of hydrogen-bond donors (Lipinski definition) is 1. The van der Waals surface area contributed by atoms with E-state index in [2.05, 4.69) is 4.98 Å². The van der Waals surface area contributed by atoms with Crippen LogP contribution in [0.15, 0.2) is 18.3 Å². The van der Waals surface area contributed by atoms with Gasteiger partial charge in [0.1, 0.15) is 0 Å². The second-order valence-electron chi connectivity index (χ2n) is 4.26. The average Bonchev–Trinajstić information content (AvgIpc) is 2.29. The van der Waals surface area contributed by atoms with E-state index in [0.29, 0.717) is 5.88 Å². The molecule has 0 aliphatic rings. The number of methoxy groups -OCH3 is 2.